The van der Waals surface area contributed by atoms with Crippen molar-refractivity contribution in [3.8, 4) is 16.9 Å². The number of nitrogens with zero attached hydrogens (tertiary/aromatic N) is 1. The Morgan fingerprint density at radius 3 is 2.43 bits per heavy atom. The molecule has 3 aromatic carbocycles. The molecule has 1 fully saturated rings. The number of para-hydroxylation sites is 1. The maximum Gasteiger partial charge on any atom is 0.326 e. The Hall–Kier alpha value is -2.59. The molecule has 1 amide bonds. The molecule has 6 nitrogen and oxygen atoms in total. The summed E-state index contributed by atoms with van der Waals surface area (Å²) in [5.41, 5.74) is 4.44. The summed E-state index contributed by atoms with van der Waals surface area (Å²) in [4.78, 5) is 27.7. The molecular formula is C33H42N2O4S3. The van der Waals surface area contributed by atoms with Gasteiger partial charge in [-0.25, -0.2) is 4.79 Å². The van der Waals surface area contributed by atoms with Crippen molar-refractivity contribution in [3.05, 3.63) is 89.5 Å². The zero-order valence-electron chi connectivity index (χ0n) is 24.8. The number of thioether (sulfide) groups is 2. The number of amides is 1. The summed E-state index contributed by atoms with van der Waals surface area (Å²) >= 11 is 6.99. The molecule has 0 aromatic heterocycles. The summed E-state index contributed by atoms with van der Waals surface area (Å²) in [6, 6.07) is 23.2. The van der Waals surface area contributed by atoms with Gasteiger partial charge in [0.15, 0.2) is 0 Å². The smallest absolute Gasteiger partial charge is 0.326 e. The number of ether oxygens (including phenoxy) is 1. The van der Waals surface area contributed by atoms with Crippen LogP contribution in [0.25, 0.3) is 11.1 Å². The molecular weight excluding hydrogens is 585 g/mol. The average molecular weight is 627 g/mol. The van der Waals surface area contributed by atoms with Crippen LogP contribution in [0.4, 0.5) is 0 Å². The molecule has 9 heteroatoms. The third kappa shape index (κ3) is 9.46. The molecule has 0 spiro atoms. The van der Waals surface area contributed by atoms with Crippen molar-refractivity contribution < 1.29 is 19.4 Å². The van der Waals surface area contributed by atoms with E-state index in [-0.39, 0.29) is 11.9 Å². The fourth-order valence-electron chi connectivity index (χ4n) is 5.13. The Labute approximate surface area is 264 Å². The zero-order chi connectivity index (χ0) is 30.5. The molecule has 1 aliphatic heterocycles. The molecule has 1 saturated heterocycles. The second kappa shape index (κ2) is 17.5. The monoisotopic (exact) mass is 626 g/mol. The molecule has 4 rings (SSSR count). The third-order valence-electron chi connectivity index (χ3n) is 7.37. The van der Waals surface area contributed by atoms with Crippen molar-refractivity contribution in [2.75, 3.05) is 37.7 Å². The molecule has 3 aromatic rings. The molecule has 226 valence electrons. The Balaban J connectivity index is 0.00000237. The lowest BCUT2D eigenvalue weighted by atomic mass is 9.93. The summed E-state index contributed by atoms with van der Waals surface area (Å²) in [6.07, 6.45) is 7.22. The predicted molar refractivity (Wildman–Crippen MR) is 181 cm³/mol. The van der Waals surface area contributed by atoms with Crippen molar-refractivity contribution >= 4 is 48.0 Å². The number of benzene rings is 3. The quantitative estimate of drug-likeness (QED) is 0.186. The van der Waals surface area contributed by atoms with E-state index >= 15 is 0 Å². The fourth-order valence-corrected chi connectivity index (χ4v) is 6.36. The third-order valence-corrected chi connectivity index (χ3v) is 9.02. The van der Waals surface area contributed by atoms with E-state index in [0.29, 0.717) is 29.6 Å². The number of rotatable bonds is 13. The number of carbonyl (C=O) groups is 2. The van der Waals surface area contributed by atoms with E-state index in [1.807, 2.05) is 91.7 Å². The largest absolute Gasteiger partial charge is 0.492 e. The Morgan fingerprint density at radius 1 is 1.05 bits per heavy atom. The number of carboxylic acid groups (broad SMARTS) is 1. The molecule has 3 atom stereocenters. The highest BCUT2D eigenvalue weighted by Gasteiger charge is 2.32. The van der Waals surface area contributed by atoms with Crippen molar-refractivity contribution in [1.29, 1.82) is 0 Å². The van der Waals surface area contributed by atoms with E-state index in [2.05, 4.69) is 35.2 Å². The van der Waals surface area contributed by atoms with Gasteiger partial charge in [0.05, 0.1) is 0 Å². The lowest BCUT2D eigenvalue weighted by Gasteiger charge is -2.25. The van der Waals surface area contributed by atoms with Gasteiger partial charge in [0, 0.05) is 29.9 Å². The zero-order valence-corrected chi connectivity index (χ0v) is 27.3. The van der Waals surface area contributed by atoms with Crippen molar-refractivity contribution in [3.63, 3.8) is 0 Å². The SMILES string of the molecule is CS.CSCCC(NC(=O)c1ccc(CN2CC(SC)CC2COc2ccccc2)cc1-c1ccccc1C)C(=O)O. The van der Waals surface area contributed by atoms with Crippen molar-refractivity contribution in [2.45, 2.75) is 43.6 Å². The van der Waals surface area contributed by atoms with Gasteiger partial charge in [0.1, 0.15) is 18.4 Å². The van der Waals surface area contributed by atoms with Crippen LogP contribution in [0.15, 0.2) is 72.8 Å². The molecule has 1 heterocycles. The molecule has 2 N–H and O–H groups in total. The van der Waals surface area contributed by atoms with Crippen LogP contribution in [0.1, 0.15) is 34.3 Å². The topological polar surface area (TPSA) is 78.9 Å². The maximum atomic E-state index is 13.4. The van der Waals surface area contributed by atoms with Gasteiger partial charge >= 0.3 is 5.97 Å². The molecule has 0 bridgehead atoms. The van der Waals surface area contributed by atoms with Crippen LogP contribution < -0.4 is 10.1 Å². The number of hydrogen-bond acceptors (Lipinski definition) is 7. The number of carboxylic acids is 1. The second-order valence-electron chi connectivity index (χ2n) is 10.1. The van der Waals surface area contributed by atoms with Gasteiger partial charge in [-0.05, 0) is 90.8 Å². The summed E-state index contributed by atoms with van der Waals surface area (Å²) < 4.78 is 6.14. The highest BCUT2D eigenvalue weighted by molar-refractivity contribution is 7.99. The number of thiol groups is 1. The maximum absolute atomic E-state index is 13.4. The standard InChI is InChI=1S/C32H38N2O4S2.CH4S/c1-22-9-7-8-12-27(22)29-17-23(13-14-28(29)31(35)33-30(32(36)37)15-16-39-2)19-34-20-26(40-3)18-24(34)21-38-25-10-5-4-6-11-25;1-2/h4-14,17,24,26,30H,15-16,18-21H2,1-3H3,(H,33,35)(H,36,37);2H,1H3. The minimum absolute atomic E-state index is 0.287. The Kier molecular flexibility index (Phi) is 14.1. The van der Waals surface area contributed by atoms with Gasteiger partial charge < -0.3 is 15.2 Å². The summed E-state index contributed by atoms with van der Waals surface area (Å²) in [5.74, 6) is 0.154. The first-order valence-electron chi connectivity index (χ1n) is 14.0. The van der Waals surface area contributed by atoms with Crippen LogP contribution in [0, 0.1) is 6.92 Å². The second-order valence-corrected chi connectivity index (χ2v) is 12.3. The first-order chi connectivity index (χ1) is 20.4. The predicted octanol–water partition coefficient (Wildman–Crippen LogP) is 6.53. The van der Waals surface area contributed by atoms with Crippen LogP contribution in [0.5, 0.6) is 5.75 Å². The van der Waals surface area contributed by atoms with Crippen LogP contribution >= 0.6 is 36.2 Å². The lowest BCUT2D eigenvalue weighted by Crippen LogP contribution is -2.41. The van der Waals surface area contributed by atoms with E-state index in [1.165, 1.54) is 0 Å². The van der Waals surface area contributed by atoms with Gasteiger partial charge in [-0.1, -0.05) is 48.5 Å². The summed E-state index contributed by atoms with van der Waals surface area (Å²) in [5, 5.41) is 13.0. The molecule has 42 heavy (non-hydrogen) atoms. The van der Waals surface area contributed by atoms with E-state index in [0.717, 1.165) is 47.5 Å². The number of carbonyl (C=O) groups excluding carboxylic acids is 1. The van der Waals surface area contributed by atoms with Gasteiger partial charge in [0.25, 0.3) is 5.91 Å². The van der Waals surface area contributed by atoms with Gasteiger partial charge in [0.2, 0.25) is 0 Å². The Bertz CT molecular complexity index is 1290. The highest BCUT2D eigenvalue weighted by Crippen LogP contribution is 2.32. The number of likely N-dealkylation sites (tertiary alicyclic amines) is 1. The van der Waals surface area contributed by atoms with E-state index in [1.54, 1.807) is 18.0 Å². The van der Waals surface area contributed by atoms with Gasteiger partial charge in [-0.3, -0.25) is 9.69 Å². The molecule has 0 aliphatic carbocycles. The molecule has 3 unspecified atom stereocenters. The molecule has 0 radical (unpaired) electrons. The van der Waals surface area contributed by atoms with Crippen LogP contribution in [-0.2, 0) is 11.3 Å². The molecule has 0 saturated carbocycles. The Morgan fingerprint density at radius 2 is 1.76 bits per heavy atom. The van der Waals surface area contributed by atoms with Crippen molar-refractivity contribution in [1.82, 2.24) is 10.2 Å². The van der Waals surface area contributed by atoms with E-state index in [4.69, 9.17) is 4.74 Å². The van der Waals surface area contributed by atoms with Gasteiger partial charge in [-0.15, -0.1) is 0 Å². The number of nitrogens with one attached hydrogen (secondary N) is 1. The first-order valence-corrected chi connectivity index (χ1v) is 17.6. The average Bonchev–Trinajstić information content (AvgIpc) is 3.41. The first kappa shape index (κ1) is 33.9. The minimum Gasteiger partial charge on any atom is -0.492 e. The van der Waals surface area contributed by atoms with Gasteiger partial charge in [-0.2, -0.15) is 36.2 Å². The molecule has 1 aliphatic rings. The minimum atomic E-state index is -1.02. The van der Waals surface area contributed by atoms with Crippen LogP contribution in [0.2, 0.25) is 0 Å². The van der Waals surface area contributed by atoms with Crippen molar-refractivity contribution in [2.24, 2.45) is 0 Å². The number of hydrogen-bond donors (Lipinski definition) is 3. The number of aryl methyl sites for hydroxylation is 1. The fraction of sp³-hybridized carbons (Fsp3) is 0.394. The lowest BCUT2D eigenvalue weighted by molar-refractivity contribution is -0.139. The van der Waals surface area contributed by atoms with Crippen LogP contribution in [-0.4, -0.2) is 76.9 Å². The van der Waals surface area contributed by atoms with E-state index < -0.39 is 12.0 Å². The van der Waals surface area contributed by atoms with E-state index in [9.17, 15) is 14.7 Å². The summed E-state index contributed by atoms with van der Waals surface area (Å²) in [7, 11) is 0. The normalized spacial score (nSPS) is 17.2. The number of aliphatic carboxylic acids is 1. The van der Waals surface area contributed by atoms with Crippen LogP contribution in [0.3, 0.4) is 0 Å². The summed E-state index contributed by atoms with van der Waals surface area (Å²) in [6.45, 7) is 4.37. The highest BCUT2D eigenvalue weighted by atomic mass is 32.2.